The molecule has 27 heavy (non-hydrogen) atoms. The number of rotatable bonds is 5. The van der Waals surface area contributed by atoms with E-state index < -0.39 is 22.7 Å². The van der Waals surface area contributed by atoms with Crippen molar-refractivity contribution in [1.82, 2.24) is 10.2 Å². The van der Waals surface area contributed by atoms with Crippen LogP contribution in [0.4, 0.5) is 13.2 Å². The quantitative estimate of drug-likeness (QED) is 0.712. The predicted octanol–water partition coefficient (Wildman–Crippen LogP) is 3.15. The Kier molecular flexibility index (Phi) is 7.09. The molecule has 10 heteroatoms. The van der Waals surface area contributed by atoms with Crippen molar-refractivity contribution in [2.75, 3.05) is 6.54 Å². The summed E-state index contributed by atoms with van der Waals surface area (Å²) in [6.45, 7) is 0.799. The van der Waals surface area contributed by atoms with Gasteiger partial charge in [0.25, 0.3) is 0 Å². The maximum atomic E-state index is 13.0. The van der Waals surface area contributed by atoms with Crippen LogP contribution < -0.4 is 10.5 Å². The molecule has 2 rings (SSSR count). The standard InChI is InChI=1S/C17H24F3N3O2S2/c1-12-4-2-3-5-15(12)22-16(26)23(11-17(18,19)20)10-13-6-8-14(9-7-13)27(21,24)25/h6-9,12,15H,2-5,10-11H2,1H3,(H,22,26)(H2,21,24,25)/t12-,15+/m0/s1. The van der Waals surface area contributed by atoms with Gasteiger partial charge in [0.1, 0.15) is 6.54 Å². The lowest BCUT2D eigenvalue weighted by atomic mass is 9.86. The van der Waals surface area contributed by atoms with E-state index in [9.17, 15) is 21.6 Å². The molecular formula is C17H24F3N3O2S2. The number of nitrogens with zero attached hydrogens (tertiary/aromatic N) is 1. The first-order chi connectivity index (χ1) is 12.5. The number of benzene rings is 1. The summed E-state index contributed by atoms with van der Waals surface area (Å²) in [5, 5.41) is 8.18. The molecule has 0 spiro atoms. The third-order valence-corrected chi connectivity index (χ3v) is 6.01. The third kappa shape index (κ3) is 6.93. The molecule has 152 valence electrons. The predicted molar refractivity (Wildman–Crippen MR) is 101 cm³/mol. The van der Waals surface area contributed by atoms with Crippen molar-refractivity contribution in [2.45, 2.75) is 56.3 Å². The summed E-state index contributed by atoms with van der Waals surface area (Å²) in [5.74, 6) is 0.346. The van der Waals surface area contributed by atoms with Crippen molar-refractivity contribution >= 4 is 27.4 Å². The van der Waals surface area contributed by atoms with Crippen molar-refractivity contribution in [2.24, 2.45) is 11.1 Å². The molecule has 0 saturated heterocycles. The molecule has 2 atom stereocenters. The van der Waals surface area contributed by atoms with E-state index in [0.29, 0.717) is 11.5 Å². The number of hydrogen-bond acceptors (Lipinski definition) is 3. The van der Waals surface area contributed by atoms with Gasteiger partial charge in [0.15, 0.2) is 5.11 Å². The highest BCUT2D eigenvalue weighted by atomic mass is 32.2. The van der Waals surface area contributed by atoms with Crippen LogP contribution in [-0.4, -0.2) is 37.2 Å². The van der Waals surface area contributed by atoms with E-state index in [0.717, 1.165) is 30.6 Å². The fraction of sp³-hybridized carbons (Fsp3) is 0.588. The van der Waals surface area contributed by atoms with E-state index in [1.165, 1.54) is 24.3 Å². The van der Waals surface area contributed by atoms with Crippen LogP contribution in [-0.2, 0) is 16.6 Å². The zero-order valence-electron chi connectivity index (χ0n) is 15.0. The van der Waals surface area contributed by atoms with Gasteiger partial charge in [0.2, 0.25) is 10.0 Å². The Balaban J connectivity index is 2.12. The highest BCUT2D eigenvalue weighted by Crippen LogP contribution is 2.25. The second-order valence-corrected chi connectivity index (χ2v) is 8.93. The lowest BCUT2D eigenvalue weighted by molar-refractivity contribution is -0.138. The molecule has 1 aromatic rings. The lowest BCUT2D eigenvalue weighted by Crippen LogP contribution is -2.49. The van der Waals surface area contributed by atoms with Gasteiger partial charge in [-0.05, 0) is 48.7 Å². The fourth-order valence-corrected chi connectivity index (χ4v) is 4.00. The van der Waals surface area contributed by atoms with Gasteiger partial charge in [-0.3, -0.25) is 0 Å². The van der Waals surface area contributed by atoms with E-state index in [1.807, 2.05) is 0 Å². The van der Waals surface area contributed by atoms with E-state index in [-0.39, 0.29) is 22.6 Å². The highest BCUT2D eigenvalue weighted by molar-refractivity contribution is 7.89. The van der Waals surface area contributed by atoms with E-state index >= 15 is 0 Å². The number of primary sulfonamides is 1. The van der Waals surface area contributed by atoms with Gasteiger partial charge < -0.3 is 10.2 Å². The maximum Gasteiger partial charge on any atom is 0.406 e. The summed E-state index contributed by atoms with van der Waals surface area (Å²) < 4.78 is 61.7. The van der Waals surface area contributed by atoms with Gasteiger partial charge in [-0.1, -0.05) is 31.9 Å². The molecule has 1 aliphatic carbocycles. The SMILES string of the molecule is C[C@H]1CCCC[C@H]1NC(=S)N(Cc1ccc(S(N)(=O)=O)cc1)CC(F)(F)F. The second-order valence-electron chi connectivity index (χ2n) is 6.98. The molecule has 3 N–H and O–H groups in total. The van der Waals surface area contributed by atoms with Crippen LogP contribution in [0.25, 0.3) is 0 Å². The molecule has 1 aliphatic rings. The molecule has 0 heterocycles. The van der Waals surface area contributed by atoms with Crippen LogP contribution in [0.2, 0.25) is 0 Å². The smallest absolute Gasteiger partial charge is 0.360 e. The number of hydrogen-bond donors (Lipinski definition) is 2. The number of sulfonamides is 1. The van der Waals surface area contributed by atoms with Crippen molar-refractivity contribution in [1.29, 1.82) is 0 Å². The van der Waals surface area contributed by atoms with Crippen LogP contribution >= 0.6 is 12.2 Å². The summed E-state index contributed by atoms with van der Waals surface area (Å²) in [6, 6.07) is 5.49. The summed E-state index contributed by atoms with van der Waals surface area (Å²) in [4.78, 5) is 0.966. The molecule has 1 aromatic carbocycles. The van der Waals surface area contributed by atoms with Crippen LogP contribution in [0.15, 0.2) is 29.2 Å². The first-order valence-electron chi connectivity index (χ1n) is 8.69. The molecular weight excluding hydrogens is 399 g/mol. The molecule has 0 radical (unpaired) electrons. The average molecular weight is 424 g/mol. The maximum absolute atomic E-state index is 13.0. The van der Waals surface area contributed by atoms with Gasteiger partial charge in [-0.25, -0.2) is 13.6 Å². The zero-order chi connectivity index (χ0) is 20.2. The number of halogens is 3. The Morgan fingerprint density at radius 2 is 1.85 bits per heavy atom. The van der Waals surface area contributed by atoms with Crippen molar-refractivity contribution < 1.29 is 21.6 Å². The normalized spacial score (nSPS) is 20.9. The van der Waals surface area contributed by atoms with E-state index in [2.05, 4.69) is 12.2 Å². The molecule has 0 amide bonds. The van der Waals surface area contributed by atoms with Gasteiger partial charge in [0, 0.05) is 12.6 Å². The van der Waals surface area contributed by atoms with Gasteiger partial charge >= 0.3 is 6.18 Å². The molecule has 5 nitrogen and oxygen atoms in total. The second kappa shape index (κ2) is 8.74. The highest BCUT2D eigenvalue weighted by Gasteiger charge is 2.33. The third-order valence-electron chi connectivity index (χ3n) is 4.70. The van der Waals surface area contributed by atoms with Crippen molar-refractivity contribution in [3.8, 4) is 0 Å². The Labute approximate surface area is 163 Å². The summed E-state index contributed by atoms with van der Waals surface area (Å²) in [5.41, 5.74) is 0.507. The number of nitrogens with one attached hydrogen (secondary N) is 1. The number of thiocarbonyl (C=S) groups is 1. The van der Waals surface area contributed by atoms with Crippen molar-refractivity contribution in [3.05, 3.63) is 29.8 Å². The molecule has 1 saturated carbocycles. The largest absolute Gasteiger partial charge is 0.406 e. The number of nitrogens with two attached hydrogens (primary N) is 1. The van der Waals surface area contributed by atoms with E-state index in [1.54, 1.807) is 0 Å². The van der Waals surface area contributed by atoms with Gasteiger partial charge in [-0.15, -0.1) is 0 Å². The van der Waals surface area contributed by atoms with Gasteiger partial charge in [-0.2, -0.15) is 13.2 Å². The zero-order valence-corrected chi connectivity index (χ0v) is 16.6. The molecule has 0 aliphatic heterocycles. The molecule has 0 aromatic heterocycles. The van der Waals surface area contributed by atoms with Crippen molar-refractivity contribution in [3.63, 3.8) is 0 Å². The molecule has 0 bridgehead atoms. The Morgan fingerprint density at radius 3 is 2.37 bits per heavy atom. The summed E-state index contributed by atoms with van der Waals surface area (Å²) >= 11 is 5.26. The topological polar surface area (TPSA) is 75.4 Å². The lowest BCUT2D eigenvalue weighted by Gasteiger charge is -2.34. The molecule has 1 fully saturated rings. The summed E-state index contributed by atoms with van der Waals surface area (Å²) in [7, 11) is -3.85. The Bertz CT molecular complexity index is 752. The Hall–Kier alpha value is -1.39. The minimum atomic E-state index is -4.41. The fourth-order valence-electron chi connectivity index (χ4n) is 3.20. The van der Waals surface area contributed by atoms with Crippen LogP contribution in [0.3, 0.4) is 0 Å². The van der Waals surface area contributed by atoms with Crippen LogP contribution in [0.5, 0.6) is 0 Å². The van der Waals surface area contributed by atoms with Crippen LogP contribution in [0.1, 0.15) is 38.2 Å². The monoisotopic (exact) mass is 423 g/mol. The average Bonchev–Trinajstić information content (AvgIpc) is 2.55. The first-order valence-corrected chi connectivity index (χ1v) is 10.6. The molecule has 0 unspecified atom stereocenters. The van der Waals surface area contributed by atoms with E-state index in [4.69, 9.17) is 17.4 Å². The number of alkyl halides is 3. The minimum Gasteiger partial charge on any atom is -0.360 e. The first kappa shape index (κ1) is 21.9. The van der Waals surface area contributed by atoms with Gasteiger partial charge in [0.05, 0.1) is 4.90 Å². The summed E-state index contributed by atoms with van der Waals surface area (Å²) in [6.07, 6.45) is -0.364. The van der Waals surface area contributed by atoms with Crippen LogP contribution in [0, 0.1) is 5.92 Å². The minimum absolute atomic E-state index is 0.0570. The Morgan fingerprint density at radius 1 is 1.26 bits per heavy atom.